The highest BCUT2D eigenvalue weighted by Crippen LogP contribution is 2.28. The van der Waals surface area contributed by atoms with Gasteiger partial charge in [-0.1, -0.05) is 6.92 Å². The Morgan fingerprint density at radius 2 is 1.81 bits per heavy atom. The topological polar surface area (TPSA) is 78.7 Å². The number of hydrogen-bond donors (Lipinski definition) is 1. The Kier molecular flexibility index (Phi) is 6.55. The first-order valence-electron chi connectivity index (χ1n) is 11.3. The third kappa shape index (κ3) is 4.97. The highest BCUT2D eigenvalue weighted by atomic mass is 19.4. The van der Waals surface area contributed by atoms with Crippen LogP contribution in [0.15, 0.2) is 12.1 Å². The molecule has 176 valence electrons. The smallest absolute Gasteiger partial charge is 0.355 e. The number of hydrogen-bond acceptors (Lipinski definition) is 6. The molecule has 2 aliphatic heterocycles. The van der Waals surface area contributed by atoms with Crippen molar-refractivity contribution in [3.8, 4) is 0 Å². The lowest BCUT2D eigenvalue weighted by atomic mass is 9.95. The second-order valence-corrected chi connectivity index (χ2v) is 9.06. The van der Waals surface area contributed by atoms with Gasteiger partial charge in [-0.05, 0) is 63.7 Å². The molecular formula is C21H30F3N7O. The molecule has 4 rings (SSSR count). The summed E-state index contributed by atoms with van der Waals surface area (Å²) >= 11 is 0. The number of nitrogens with one attached hydrogen (secondary N) is 1. The summed E-state index contributed by atoms with van der Waals surface area (Å²) in [5.41, 5.74) is 0.0487. The number of anilines is 1. The molecule has 32 heavy (non-hydrogen) atoms. The SMILES string of the molecule is CC1CCN([C@@H](C)CNC(=O)C2CCN(c3ccc4nnc(C(F)(F)F)n4n3)CC2)CC1. The van der Waals surface area contributed by atoms with Crippen LogP contribution in [0.3, 0.4) is 0 Å². The summed E-state index contributed by atoms with van der Waals surface area (Å²) in [6, 6.07) is 3.44. The van der Waals surface area contributed by atoms with Gasteiger partial charge in [-0.25, -0.2) is 0 Å². The number of carbonyl (C=O) groups excluding carboxylic acids is 1. The van der Waals surface area contributed by atoms with Gasteiger partial charge in [0.2, 0.25) is 5.91 Å². The van der Waals surface area contributed by atoms with Crippen LogP contribution in [0.2, 0.25) is 0 Å². The van der Waals surface area contributed by atoms with Gasteiger partial charge < -0.3 is 10.2 Å². The van der Waals surface area contributed by atoms with Crippen LogP contribution >= 0.6 is 0 Å². The van der Waals surface area contributed by atoms with E-state index in [9.17, 15) is 18.0 Å². The predicted octanol–water partition coefficient (Wildman–Crippen LogP) is 2.60. The van der Waals surface area contributed by atoms with Crippen LogP contribution in [0, 0.1) is 11.8 Å². The molecule has 1 N–H and O–H groups in total. The van der Waals surface area contributed by atoms with Crippen molar-refractivity contribution in [1.29, 1.82) is 0 Å². The van der Waals surface area contributed by atoms with Crippen LogP contribution in [0.5, 0.6) is 0 Å². The number of nitrogens with zero attached hydrogens (tertiary/aromatic N) is 6. The van der Waals surface area contributed by atoms with Crippen molar-refractivity contribution < 1.29 is 18.0 Å². The first-order chi connectivity index (χ1) is 15.2. The van der Waals surface area contributed by atoms with Crippen LogP contribution in [0.25, 0.3) is 5.65 Å². The quantitative estimate of drug-likeness (QED) is 0.750. The van der Waals surface area contributed by atoms with Crippen molar-refractivity contribution in [2.75, 3.05) is 37.6 Å². The fourth-order valence-electron chi connectivity index (χ4n) is 4.49. The molecule has 4 heterocycles. The molecule has 2 aromatic heterocycles. The van der Waals surface area contributed by atoms with E-state index in [4.69, 9.17) is 0 Å². The third-order valence-corrected chi connectivity index (χ3v) is 6.71. The minimum absolute atomic E-state index is 0.0487. The van der Waals surface area contributed by atoms with E-state index in [0.29, 0.717) is 44.3 Å². The number of piperidine rings is 2. The van der Waals surface area contributed by atoms with Crippen LogP contribution in [0.4, 0.5) is 19.0 Å². The minimum Gasteiger partial charge on any atom is -0.355 e. The summed E-state index contributed by atoms with van der Waals surface area (Å²) in [6.45, 7) is 8.35. The van der Waals surface area contributed by atoms with E-state index in [1.54, 1.807) is 6.07 Å². The molecule has 0 aliphatic carbocycles. The van der Waals surface area contributed by atoms with E-state index in [0.717, 1.165) is 23.5 Å². The minimum atomic E-state index is -4.63. The molecule has 0 bridgehead atoms. The van der Waals surface area contributed by atoms with Crippen molar-refractivity contribution in [3.63, 3.8) is 0 Å². The molecule has 8 nitrogen and oxygen atoms in total. The van der Waals surface area contributed by atoms with Gasteiger partial charge in [0.05, 0.1) is 0 Å². The molecule has 0 radical (unpaired) electrons. The van der Waals surface area contributed by atoms with Crippen LogP contribution in [0.1, 0.15) is 45.4 Å². The van der Waals surface area contributed by atoms with Gasteiger partial charge in [0.15, 0.2) is 5.65 Å². The number of carbonyl (C=O) groups is 1. The summed E-state index contributed by atoms with van der Waals surface area (Å²) in [7, 11) is 0. The highest BCUT2D eigenvalue weighted by molar-refractivity contribution is 5.79. The number of alkyl halides is 3. The van der Waals surface area contributed by atoms with Crippen molar-refractivity contribution in [3.05, 3.63) is 18.0 Å². The molecular weight excluding hydrogens is 423 g/mol. The normalized spacial score (nSPS) is 20.6. The summed E-state index contributed by atoms with van der Waals surface area (Å²) in [4.78, 5) is 17.0. The first kappa shape index (κ1) is 22.8. The maximum Gasteiger partial charge on any atom is 0.453 e. The molecule has 0 saturated carbocycles. The number of aromatic nitrogens is 4. The second kappa shape index (κ2) is 9.21. The van der Waals surface area contributed by atoms with Gasteiger partial charge in [0.25, 0.3) is 5.82 Å². The Labute approximate surface area is 185 Å². The summed E-state index contributed by atoms with van der Waals surface area (Å²) in [5, 5.41) is 13.9. The average molecular weight is 454 g/mol. The lowest BCUT2D eigenvalue weighted by Gasteiger charge is -2.35. The molecule has 2 aliphatic rings. The Hall–Kier alpha value is -2.43. The molecule has 0 spiro atoms. The number of rotatable bonds is 5. The zero-order chi connectivity index (χ0) is 22.9. The molecule has 2 saturated heterocycles. The van der Waals surface area contributed by atoms with Gasteiger partial charge in [-0.2, -0.15) is 17.7 Å². The Balaban J connectivity index is 1.29. The lowest BCUT2D eigenvalue weighted by Crippen LogP contribution is -2.47. The Bertz CT molecular complexity index is 931. The molecule has 1 atom stereocenters. The second-order valence-electron chi connectivity index (χ2n) is 9.06. The van der Waals surface area contributed by atoms with E-state index in [1.165, 1.54) is 18.9 Å². The number of amides is 1. The van der Waals surface area contributed by atoms with Crippen LogP contribution in [-0.2, 0) is 11.0 Å². The third-order valence-electron chi connectivity index (χ3n) is 6.71. The lowest BCUT2D eigenvalue weighted by molar-refractivity contribution is -0.146. The maximum atomic E-state index is 13.1. The van der Waals surface area contributed by atoms with E-state index >= 15 is 0 Å². The molecule has 2 fully saturated rings. The fraction of sp³-hybridized carbons (Fsp3) is 0.714. The van der Waals surface area contributed by atoms with Crippen molar-refractivity contribution in [2.45, 2.75) is 51.7 Å². The molecule has 0 unspecified atom stereocenters. The maximum absolute atomic E-state index is 13.1. The highest BCUT2D eigenvalue weighted by Gasteiger charge is 2.38. The molecule has 11 heteroatoms. The monoisotopic (exact) mass is 453 g/mol. The van der Waals surface area contributed by atoms with Crippen LogP contribution < -0.4 is 10.2 Å². The Morgan fingerprint density at radius 3 is 2.47 bits per heavy atom. The zero-order valence-electron chi connectivity index (χ0n) is 18.5. The van der Waals surface area contributed by atoms with E-state index in [-0.39, 0.29) is 17.5 Å². The largest absolute Gasteiger partial charge is 0.453 e. The van der Waals surface area contributed by atoms with Gasteiger partial charge >= 0.3 is 6.18 Å². The molecule has 2 aromatic rings. The standard InChI is InChI=1S/C21H30F3N7O/c1-14-5-9-29(10-6-14)15(2)13-25-19(32)16-7-11-30(12-8-16)18-4-3-17-26-27-20(21(22,23)24)31(17)28-18/h3-4,14-16H,5-13H2,1-2H3,(H,25,32)/t15-/m0/s1. The van der Waals surface area contributed by atoms with Crippen molar-refractivity contribution in [2.24, 2.45) is 11.8 Å². The van der Waals surface area contributed by atoms with E-state index < -0.39 is 12.0 Å². The van der Waals surface area contributed by atoms with E-state index in [1.807, 2.05) is 4.90 Å². The van der Waals surface area contributed by atoms with Crippen LogP contribution in [-0.4, -0.2) is 69.4 Å². The van der Waals surface area contributed by atoms with Crippen molar-refractivity contribution >= 4 is 17.4 Å². The number of likely N-dealkylation sites (tertiary alicyclic amines) is 1. The van der Waals surface area contributed by atoms with E-state index in [2.05, 4.69) is 39.4 Å². The number of fused-ring (bicyclic) bond motifs is 1. The van der Waals surface area contributed by atoms with Gasteiger partial charge in [-0.3, -0.25) is 9.69 Å². The Morgan fingerprint density at radius 1 is 1.12 bits per heavy atom. The summed E-state index contributed by atoms with van der Waals surface area (Å²) < 4.78 is 40.1. The fourth-order valence-corrected chi connectivity index (χ4v) is 4.49. The van der Waals surface area contributed by atoms with Gasteiger partial charge in [0, 0.05) is 31.6 Å². The summed E-state index contributed by atoms with van der Waals surface area (Å²) in [5.74, 6) is 0.0293. The van der Waals surface area contributed by atoms with Gasteiger partial charge in [0.1, 0.15) is 5.82 Å². The molecule has 0 aromatic carbocycles. The average Bonchev–Trinajstić information content (AvgIpc) is 3.22. The summed E-state index contributed by atoms with van der Waals surface area (Å²) in [6.07, 6.45) is -0.947. The predicted molar refractivity (Wildman–Crippen MR) is 113 cm³/mol. The van der Waals surface area contributed by atoms with Crippen molar-refractivity contribution in [1.82, 2.24) is 30.0 Å². The number of halogens is 3. The zero-order valence-corrected chi connectivity index (χ0v) is 18.5. The van der Waals surface area contributed by atoms with Gasteiger partial charge in [-0.15, -0.1) is 15.3 Å². The first-order valence-corrected chi connectivity index (χ1v) is 11.3. The molecule has 1 amide bonds.